The molecule has 4 nitrogen and oxygen atoms in total. The number of hydrogen-bond acceptors (Lipinski definition) is 4. The Morgan fingerprint density at radius 1 is 1.45 bits per heavy atom. The highest BCUT2D eigenvalue weighted by Gasteiger charge is 1.96. The third-order valence-electron chi connectivity index (χ3n) is 0.538. The Labute approximate surface area is 67.7 Å². The Kier molecular flexibility index (Phi) is 11.1. The molecule has 0 aromatic heterocycles. The van der Waals surface area contributed by atoms with Crippen molar-refractivity contribution in [1.82, 2.24) is 4.90 Å². The lowest BCUT2D eigenvalue weighted by atomic mass is 10.3. The van der Waals surface area contributed by atoms with Crippen molar-refractivity contribution in [3.05, 3.63) is 0 Å². The highest BCUT2D eigenvalue weighted by molar-refractivity contribution is 4.73. The van der Waals surface area contributed by atoms with E-state index < -0.39 is 6.10 Å². The van der Waals surface area contributed by atoms with Crippen LogP contribution in [0.1, 0.15) is 6.42 Å². The van der Waals surface area contributed by atoms with Gasteiger partial charge in [-0.15, -0.1) is 0 Å². The molecule has 0 aliphatic heterocycles. The molecule has 0 heterocycles. The van der Waals surface area contributed by atoms with Gasteiger partial charge in [0.05, 0.1) is 25.2 Å². The summed E-state index contributed by atoms with van der Waals surface area (Å²) in [6.45, 7) is -0.326. The Bertz CT molecular complexity index is 107. The minimum absolute atomic E-state index is 0.0104. The van der Waals surface area contributed by atoms with Crippen LogP contribution in [0.15, 0.2) is 0 Å². The molecule has 11 heavy (non-hydrogen) atoms. The van der Waals surface area contributed by atoms with E-state index >= 15 is 0 Å². The fraction of sp³-hybridized carbons (Fsp3) is 0.857. The van der Waals surface area contributed by atoms with Gasteiger partial charge in [-0.1, -0.05) is 0 Å². The monoisotopic (exact) mass is 160 g/mol. The summed E-state index contributed by atoms with van der Waals surface area (Å²) in [5, 5.41) is 24.3. The molecular formula is C7H16N2O2. The van der Waals surface area contributed by atoms with Crippen LogP contribution < -0.4 is 0 Å². The molecule has 0 fully saturated rings. The Morgan fingerprint density at radius 3 is 1.91 bits per heavy atom. The summed E-state index contributed by atoms with van der Waals surface area (Å²) in [5.74, 6) is 0. The normalized spacial score (nSPS) is 11.4. The van der Waals surface area contributed by atoms with Gasteiger partial charge in [0.1, 0.15) is 0 Å². The first-order valence-electron chi connectivity index (χ1n) is 3.31. The van der Waals surface area contributed by atoms with Crippen LogP contribution in [0, 0.1) is 11.3 Å². The molecule has 4 heteroatoms. The van der Waals surface area contributed by atoms with E-state index in [-0.39, 0.29) is 13.0 Å². The number of aliphatic hydroxyl groups is 2. The van der Waals surface area contributed by atoms with Crippen LogP contribution in [-0.2, 0) is 0 Å². The summed E-state index contributed by atoms with van der Waals surface area (Å²) in [4.78, 5) is 2.00. The van der Waals surface area contributed by atoms with Gasteiger partial charge in [-0.25, -0.2) is 0 Å². The van der Waals surface area contributed by atoms with Crippen molar-refractivity contribution in [2.45, 2.75) is 12.5 Å². The third kappa shape index (κ3) is 26.7. The van der Waals surface area contributed by atoms with Crippen molar-refractivity contribution in [2.24, 2.45) is 0 Å². The second-order valence-electron chi connectivity index (χ2n) is 2.54. The number of nitriles is 1. The Balaban J connectivity index is 0. The maximum absolute atomic E-state index is 8.39. The summed E-state index contributed by atoms with van der Waals surface area (Å²) in [5.41, 5.74) is 0. The van der Waals surface area contributed by atoms with E-state index in [1.165, 1.54) is 0 Å². The highest BCUT2D eigenvalue weighted by Crippen LogP contribution is 1.83. The van der Waals surface area contributed by atoms with Gasteiger partial charge >= 0.3 is 0 Å². The van der Waals surface area contributed by atoms with Crippen LogP contribution in [0.5, 0.6) is 0 Å². The van der Waals surface area contributed by atoms with E-state index in [1.807, 2.05) is 26.0 Å². The minimum Gasteiger partial charge on any atom is -0.394 e. The molecule has 0 amide bonds. The fourth-order valence-electron chi connectivity index (χ4n) is 0.170. The van der Waals surface area contributed by atoms with E-state index in [0.717, 1.165) is 0 Å². The van der Waals surface area contributed by atoms with Crippen LogP contribution in [0.4, 0.5) is 0 Å². The average molecular weight is 160 g/mol. The molecule has 0 radical (unpaired) electrons. The standard InChI is InChI=1S/C4H7NO2.C3H9N/c5-2-1-4(7)3-6;1-4(2)3/h4,6-7H,1,3H2;1-3H3. The van der Waals surface area contributed by atoms with Gasteiger partial charge < -0.3 is 15.1 Å². The van der Waals surface area contributed by atoms with Gasteiger partial charge in [0, 0.05) is 0 Å². The maximum Gasteiger partial charge on any atom is 0.0900 e. The first-order valence-corrected chi connectivity index (χ1v) is 3.31. The number of aliphatic hydroxyl groups excluding tert-OH is 2. The molecule has 66 valence electrons. The molecule has 0 rings (SSSR count). The zero-order chi connectivity index (χ0) is 9.28. The predicted molar refractivity (Wildman–Crippen MR) is 42.9 cm³/mol. The number of nitrogens with zero attached hydrogens (tertiary/aromatic N) is 2. The lowest BCUT2D eigenvalue weighted by Crippen LogP contribution is -2.09. The van der Waals surface area contributed by atoms with Gasteiger partial charge in [-0.05, 0) is 21.1 Å². The van der Waals surface area contributed by atoms with E-state index in [4.69, 9.17) is 15.5 Å². The summed E-state index contributed by atoms with van der Waals surface area (Å²) < 4.78 is 0. The average Bonchev–Trinajstić information content (AvgIpc) is 1.87. The van der Waals surface area contributed by atoms with Crippen LogP contribution in [0.25, 0.3) is 0 Å². The van der Waals surface area contributed by atoms with Gasteiger partial charge in [0.2, 0.25) is 0 Å². The molecule has 2 N–H and O–H groups in total. The van der Waals surface area contributed by atoms with Crippen LogP contribution in [0.2, 0.25) is 0 Å². The van der Waals surface area contributed by atoms with E-state index in [1.54, 1.807) is 6.07 Å². The van der Waals surface area contributed by atoms with Gasteiger partial charge in [0.15, 0.2) is 0 Å². The minimum atomic E-state index is -0.856. The van der Waals surface area contributed by atoms with Crippen molar-refractivity contribution >= 4 is 0 Å². The van der Waals surface area contributed by atoms with Crippen molar-refractivity contribution in [3.8, 4) is 6.07 Å². The predicted octanol–water partition coefficient (Wildman–Crippen LogP) is -0.569. The SMILES string of the molecule is CN(C)C.N#CCC(O)CO. The fourth-order valence-corrected chi connectivity index (χ4v) is 0.170. The summed E-state index contributed by atoms with van der Waals surface area (Å²) in [6.07, 6.45) is -0.846. The summed E-state index contributed by atoms with van der Waals surface area (Å²) >= 11 is 0. The van der Waals surface area contributed by atoms with Crippen LogP contribution in [-0.4, -0.2) is 49.0 Å². The largest absolute Gasteiger partial charge is 0.394 e. The molecule has 0 aliphatic rings. The Morgan fingerprint density at radius 2 is 1.82 bits per heavy atom. The second-order valence-corrected chi connectivity index (χ2v) is 2.54. The van der Waals surface area contributed by atoms with Crippen molar-refractivity contribution in [1.29, 1.82) is 5.26 Å². The van der Waals surface area contributed by atoms with Gasteiger partial charge in [-0.3, -0.25) is 0 Å². The topological polar surface area (TPSA) is 67.5 Å². The lowest BCUT2D eigenvalue weighted by Gasteiger charge is -1.95. The van der Waals surface area contributed by atoms with Crippen molar-refractivity contribution < 1.29 is 10.2 Å². The van der Waals surface area contributed by atoms with Crippen LogP contribution >= 0.6 is 0 Å². The first kappa shape index (κ1) is 13.0. The molecule has 1 atom stereocenters. The number of rotatable bonds is 2. The second kappa shape index (κ2) is 9.37. The molecule has 0 spiro atoms. The molecule has 0 aliphatic carbocycles. The van der Waals surface area contributed by atoms with Crippen LogP contribution in [0.3, 0.4) is 0 Å². The zero-order valence-electron chi connectivity index (χ0n) is 7.28. The van der Waals surface area contributed by atoms with E-state index in [2.05, 4.69) is 0 Å². The molecule has 0 bridgehead atoms. The van der Waals surface area contributed by atoms with Gasteiger partial charge in [0.25, 0.3) is 0 Å². The smallest absolute Gasteiger partial charge is 0.0900 e. The molecule has 0 aromatic carbocycles. The lowest BCUT2D eigenvalue weighted by molar-refractivity contribution is 0.0989. The molecule has 0 saturated carbocycles. The first-order chi connectivity index (χ1) is 5.04. The van der Waals surface area contributed by atoms with Crippen molar-refractivity contribution in [3.63, 3.8) is 0 Å². The zero-order valence-corrected chi connectivity index (χ0v) is 7.28. The molecular weight excluding hydrogens is 144 g/mol. The molecule has 1 unspecified atom stereocenters. The maximum atomic E-state index is 8.39. The van der Waals surface area contributed by atoms with E-state index in [9.17, 15) is 0 Å². The highest BCUT2D eigenvalue weighted by atomic mass is 16.3. The van der Waals surface area contributed by atoms with Gasteiger partial charge in [-0.2, -0.15) is 5.26 Å². The summed E-state index contributed by atoms with van der Waals surface area (Å²) in [7, 11) is 6.00. The Hall–Kier alpha value is -0.630. The quantitative estimate of drug-likeness (QED) is 0.567. The molecule has 0 aromatic rings. The van der Waals surface area contributed by atoms with E-state index in [0.29, 0.717) is 0 Å². The third-order valence-corrected chi connectivity index (χ3v) is 0.538. The molecule has 0 saturated heterocycles. The number of hydrogen-bond donors (Lipinski definition) is 2. The summed E-state index contributed by atoms with van der Waals surface area (Å²) in [6, 6.07) is 1.71. The van der Waals surface area contributed by atoms with Crippen molar-refractivity contribution in [2.75, 3.05) is 27.7 Å².